The molecule has 2 heterocycles. The number of hydrogen-bond donors (Lipinski definition) is 0. The molecule has 0 saturated heterocycles. The van der Waals surface area contributed by atoms with Crippen LogP contribution in [-0.2, 0) is 6.54 Å². The van der Waals surface area contributed by atoms with Crippen LogP contribution in [0, 0.1) is 5.92 Å². The predicted octanol–water partition coefficient (Wildman–Crippen LogP) is 3.84. The summed E-state index contributed by atoms with van der Waals surface area (Å²) in [5.41, 5.74) is 0.777. The van der Waals surface area contributed by atoms with Crippen molar-refractivity contribution in [2.45, 2.75) is 51.6 Å². The van der Waals surface area contributed by atoms with Crippen molar-refractivity contribution in [3.63, 3.8) is 0 Å². The third kappa shape index (κ3) is 2.63. The molecule has 1 saturated carbocycles. The highest BCUT2D eigenvalue weighted by molar-refractivity contribution is 6.31. The van der Waals surface area contributed by atoms with E-state index in [0.717, 1.165) is 30.5 Å². The molecule has 4 rings (SSSR count). The monoisotopic (exact) mass is 331 g/mol. The Labute approximate surface area is 141 Å². The Balaban J connectivity index is 1.74. The maximum atomic E-state index is 12.8. The van der Waals surface area contributed by atoms with E-state index in [-0.39, 0.29) is 5.56 Å². The summed E-state index contributed by atoms with van der Waals surface area (Å²) < 4.78 is 1.83. The molecule has 2 aromatic rings. The molecule has 1 aromatic heterocycles. The van der Waals surface area contributed by atoms with E-state index in [1.54, 1.807) is 12.1 Å². The van der Waals surface area contributed by atoms with Crippen molar-refractivity contribution in [2.24, 2.45) is 5.92 Å². The van der Waals surface area contributed by atoms with Crippen LogP contribution >= 0.6 is 11.6 Å². The molecule has 0 N–H and O–H groups in total. The summed E-state index contributed by atoms with van der Waals surface area (Å²) in [7, 11) is 0. The topological polar surface area (TPSA) is 38.1 Å². The zero-order chi connectivity index (χ0) is 16.0. The number of benzene rings is 1. The lowest BCUT2D eigenvalue weighted by atomic mass is 9.89. The molecule has 0 radical (unpaired) electrons. The molecule has 0 amide bonds. The summed E-state index contributed by atoms with van der Waals surface area (Å²) >= 11 is 6.04. The third-order valence-corrected chi connectivity index (χ3v) is 5.55. The van der Waals surface area contributed by atoms with Crippen LogP contribution < -0.4 is 10.5 Å². The minimum Gasteiger partial charge on any atom is -0.337 e. The van der Waals surface area contributed by atoms with Crippen molar-refractivity contribution < 1.29 is 0 Å². The fourth-order valence-corrected chi connectivity index (χ4v) is 4.21. The highest BCUT2D eigenvalue weighted by Crippen LogP contribution is 2.30. The fraction of sp³-hybridized carbons (Fsp3) is 0.556. The van der Waals surface area contributed by atoms with Crippen LogP contribution in [0.2, 0.25) is 5.02 Å². The van der Waals surface area contributed by atoms with Gasteiger partial charge in [0.2, 0.25) is 5.95 Å². The summed E-state index contributed by atoms with van der Waals surface area (Å²) in [6, 6.07) is 5.71. The highest BCUT2D eigenvalue weighted by atomic mass is 35.5. The largest absolute Gasteiger partial charge is 0.337 e. The van der Waals surface area contributed by atoms with Gasteiger partial charge in [-0.15, -0.1) is 0 Å². The Morgan fingerprint density at radius 3 is 2.83 bits per heavy atom. The number of hydrogen-bond acceptors (Lipinski definition) is 3. The van der Waals surface area contributed by atoms with Crippen molar-refractivity contribution in [3.05, 3.63) is 33.6 Å². The molecule has 1 aliphatic carbocycles. The normalized spacial score (nSPS) is 21.8. The van der Waals surface area contributed by atoms with Crippen LogP contribution in [0.4, 0.5) is 5.95 Å². The van der Waals surface area contributed by atoms with Crippen molar-refractivity contribution >= 4 is 28.5 Å². The number of halogens is 1. The van der Waals surface area contributed by atoms with E-state index in [9.17, 15) is 4.79 Å². The number of anilines is 1. The first-order valence-corrected chi connectivity index (χ1v) is 8.98. The van der Waals surface area contributed by atoms with E-state index in [2.05, 4.69) is 11.8 Å². The summed E-state index contributed by atoms with van der Waals surface area (Å²) in [5, 5.41) is 1.20. The minimum absolute atomic E-state index is 0.0329. The maximum Gasteiger partial charge on any atom is 0.262 e. The molecule has 2 aliphatic rings. The zero-order valence-corrected chi connectivity index (χ0v) is 14.2. The third-order valence-electron chi connectivity index (χ3n) is 5.31. The molecule has 1 atom stereocenters. The second-order valence-corrected chi connectivity index (χ2v) is 7.43. The van der Waals surface area contributed by atoms with Crippen LogP contribution in [-0.4, -0.2) is 22.1 Å². The van der Waals surface area contributed by atoms with Crippen molar-refractivity contribution in [3.8, 4) is 0 Å². The van der Waals surface area contributed by atoms with E-state index < -0.39 is 0 Å². The summed E-state index contributed by atoms with van der Waals surface area (Å²) in [4.78, 5) is 19.9. The molecule has 1 aromatic carbocycles. The van der Waals surface area contributed by atoms with Crippen LogP contribution in [0.3, 0.4) is 0 Å². The Bertz CT molecular complexity index is 795. The Morgan fingerprint density at radius 1 is 1.26 bits per heavy atom. The van der Waals surface area contributed by atoms with Crippen LogP contribution in [0.5, 0.6) is 0 Å². The standard InChI is InChI=1S/C18H22ClN3O/c1-12-10-22-17(23)15-9-14(19)7-8-16(15)20-18(22)21(12)11-13-5-3-2-4-6-13/h7-9,12-13H,2-6,10-11H2,1H3. The van der Waals surface area contributed by atoms with E-state index >= 15 is 0 Å². The Hall–Kier alpha value is -1.55. The first kappa shape index (κ1) is 15.0. The average molecular weight is 332 g/mol. The quantitative estimate of drug-likeness (QED) is 0.839. The summed E-state index contributed by atoms with van der Waals surface area (Å²) in [5.74, 6) is 1.57. The number of rotatable bonds is 2. The van der Waals surface area contributed by atoms with Crippen LogP contribution in [0.25, 0.3) is 10.9 Å². The molecular weight excluding hydrogens is 310 g/mol. The van der Waals surface area contributed by atoms with Crippen LogP contribution in [0.1, 0.15) is 39.0 Å². The van der Waals surface area contributed by atoms with Gasteiger partial charge in [0.1, 0.15) is 0 Å². The molecule has 23 heavy (non-hydrogen) atoms. The van der Waals surface area contributed by atoms with Gasteiger partial charge < -0.3 is 4.90 Å². The molecule has 5 heteroatoms. The average Bonchev–Trinajstić information content (AvgIpc) is 2.86. The Morgan fingerprint density at radius 2 is 2.04 bits per heavy atom. The van der Waals surface area contributed by atoms with Gasteiger partial charge in [-0.2, -0.15) is 0 Å². The van der Waals surface area contributed by atoms with Crippen molar-refractivity contribution in [1.29, 1.82) is 0 Å². The van der Waals surface area contributed by atoms with E-state index in [0.29, 0.717) is 16.5 Å². The molecule has 1 unspecified atom stereocenters. The van der Waals surface area contributed by atoms with Crippen molar-refractivity contribution in [1.82, 2.24) is 9.55 Å². The molecule has 1 fully saturated rings. The molecule has 4 nitrogen and oxygen atoms in total. The van der Waals surface area contributed by atoms with Gasteiger partial charge in [0.25, 0.3) is 5.56 Å². The summed E-state index contributed by atoms with van der Waals surface area (Å²) in [6.45, 7) is 3.93. The molecule has 0 bridgehead atoms. The molecule has 0 spiro atoms. The maximum absolute atomic E-state index is 12.8. The zero-order valence-electron chi connectivity index (χ0n) is 13.5. The van der Waals surface area contributed by atoms with E-state index in [1.807, 2.05) is 10.6 Å². The highest BCUT2D eigenvalue weighted by Gasteiger charge is 2.31. The number of nitrogens with zero attached hydrogens (tertiary/aromatic N) is 3. The number of fused-ring (bicyclic) bond motifs is 2. The van der Waals surface area contributed by atoms with E-state index in [4.69, 9.17) is 16.6 Å². The molecular formula is C18H22ClN3O. The minimum atomic E-state index is 0.0329. The van der Waals surface area contributed by atoms with Gasteiger partial charge in [0, 0.05) is 24.2 Å². The fourth-order valence-electron chi connectivity index (χ4n) is 4.03. The SMILES string of the molecule is CC1Cn2c(nc3ccc(Cl)cc3c2=O)N1CC1CCCCC1. The second-order valence-electron chi connectivity index (χ2n) is 6.99. The van der Waals surface area contributed by atoms with Gasteiger partial charge in [-0.25, -0.2) is 4.98 Å². The van der Waals surface area contributed by atoms with Gasteiger partial charge in [-0.3, -0.25) is 9.36 Å². The molecule has 1 aliphatic heterocycles. The molecule has 122 valence electrons. The lowest BCUT2D eigenvalue weighted by molar-refractivity contribution is 0.353. The number of aromatic nitrogens is 2. The Kier molecular flexibility index (Phi) is 3.80. The van der Waals surface area contributed by atoms with Gasteiger partial charge in [-0.05, 0) is 43.9 Å². The lowest BCUT2D eigenvalue weighted by Crippen LogP contribution is -2.35. The van der Waals surface area contributed by atoms with Crippen LogP contribution in [0.15, 0.2) is 23.0 Å². The lowest BCUT2D eigenvalue weighted by Gasteiger charge is -2.30. The van der Waals surface area contributed by atoms with Gasteiger partial charge >= 0.3 is 0 Å². The van der Waals surface area contributed by atoms with E-state index in [1.165, 1.54) is 32.1 Å². The predicted molar refractivity (Wildman–Crippen MR) is 94.4 cm³/mol. The van der Waals surface area contributed by atoms with Gasteiger partial charge in [0.05, 0.1) is 10.9 Å². The van der Waals surface area contributed by atoms with Gasteiger partial charge in [-0.1, -0.05) is 30.9 Å². The second kappa shape index (κ2) is 5.82. The first-order chi connectivity index (χ1) is 11.1. The van der Waals surface area contributed by atoms with Crippen molar-refractivity contribution in [2.75, 3.05) is 11.4 Å². The smallest absolute Gasteiger partial charge is 0.262 e. The first-order valence-electron chi connectivity index (χ1n) is 8.60. The summed E-state index contributed by atoms with van der Waals surface area (Å²) in [6.07, 6.45) is 6.64. The van der Waals surface area contributed by atoms with Gasteiger partial charge in [0.15, 0.2) is 0 Å².